The first kappa shape index (κ1) is 19.3. The molecule has 26 heavy (non-hydrogen) atoms. The van der Waals surface area contributed by atoms with Crippen LogP contribution in [0.4, 0.5) is 0 Å². The predicted molar refractivity (Wildman–Crippen MR) is 102 cm³/mol. The Morgan fingerprint density at radius 1 is 1.12 bits per heavy atom. The fourth-order valence-electron chi connectivity index (χ4n) is 4.04. The first-order valence-corrected chi connectivity index (χ1v) is 10.0. The molecule has 144 valence electrons. The van der Waals surface area contributed by atoms with E-state index in [1.54, 1.807) is 0 Å². The Labute approximate surface area is 156 Å². The van der Waals surface area contributed by atoms with Gasteiger partial charge in [-0.25, -0.2) is 0 Å². The number of ether oxygens (including phenoxy) is 1. The van der Waals surface area contributed by atoms with Crippen molar-refractivity contribution in [3.8, 4) is 0 Å². The molecule has 1 aromatic carbocycles. The van der Waals surface area contributed by atoms with Gasteiger partial charge in [-0.3, -0.25) is 9.69 Å². The number of nitrogens with zero attached hydrogens (tertiary/aromatic N) is 2. The van der Waals surface area contributed by atoms with Gasteiger partial charge in [0.1, 0.15) is 0 Å². The van der Waals surface area contributed by atoms with Gasteiger partial charge in [0.25, 0.3) is 0 Å². The number of hydrogen-bond donors (Lipinski definition) is 1. The molecule has 0 aromatic heterocycles. The van der Waals surface area contributed by atoms with Crippen LogP contribution in [0, 0.1) is 0 Å². The molecule has 1 atom stereocenters. The van der Waals surface area contributed by atoms with Crippen LogP contribution in [0.5, 0.6) is 0 Å². The number of aliphatic hydroxyl groups excluding tert-OH is 1. The highest BCUT2D eigenvalue weighted by molar-refractivity contribution is 5.76. The smallest absolute Gasteiger partial charge is 0.222 e. The Balaban J connectivity index is 1.29. The molecule has 2 aliphatic heterocycles. The summed E-state index contributed by atoms with van der Waals surface area (Å²) in [5, 5.41) is 9.85. The van der Waals surface area contributed by atoms with Crippen molar-refractivity contribution in [1.29, 1.82) is 0 Å². The monoisotopic (exact) mass is 360 g/mol. The number of aliphatic hydroxyl groups is 1. The molecule has 0 spiro atoms. The summed E-state index contributed by atoms with van der Waals surface area (Å²) >= 11 is 0. The number of hydrogen-bond acceptors (Lipinski definition) is 4. The number of piperidine rings is 2. The molecule has 0 saturated carbocycles. The molecule has 2 saturated heterocycles. The summed E-state index contributed by atoms with van der Waals surface area (Å²) in [6.45, 7) is 4.83. The molecule has 1 unspecified atom stereocenters. The van der Waals surface area contributed by atoms with Crippen LogP contribution in [-0.4, -0.2) is 65.7 Å². The van der Waals surface area contributed by atoms with Crippen molar-refractivity contribution >= 4 is 5.91 Å². The van der Waals surface area contributed by atoms with Gasteiger partial charge in [-0.05, 0) is 44.2 Å². The lowest BCUT2D eigenvalue weighted by Crippen LogP contribution is -2.50. The summed E-state index contributed by atoms with van der Waals surface area (Å²) in [5.74, 6) is 0.255. The molecule has 2 fully saturated rings. The first-order chi connectivity index (χ1) is 12.7. The summed E-state index contributed by atoms with van der Waals surface area (Å²) in [4.78, 5) is 16.8. The minimum atomic E-state index is -0.167. The highest BCUT2D eigenvalue weighted by Gasteiger charge is 2.29. The molecule has 3 rings (SSSR count). The van der Waals surface area contributed by atoms with Gasteiger partial charge in [0.15, 0.2) is 0 Å². The van der Waals surface area contributed by atoms with E-state index in [9.17, 15) is 9.90 Å². The first-order valence-electron chi connectivity index (χ1n) is 10.0. The largest absolute Gasteiger partial charge is 0.392 e. The van der Waals surface area contributed by atoms with Gasteiger partial charge in [-0.2, -0.15) is 0 Å². The van der Waals surface area contributed by atoms with E-state index < -0.39 is 0 Å². The van der Waals surface area contributed by atoms with Gasteiger partial charge in [0, 0.05) is 38.7 Å². The minimum Gasteiger partial charge on any atom is -0.392 e. The minimum absolute atomic E-state index is 0.167. The fourth-order valence-corrected chi connectivity index (χ4v) is 4.04. The predicted octanol–water partition coefficient (Wildman–Crippen LogP) is 2.43. The van der Waals surface area contributed by atoms with Crippen LogP contribution in [0.15, 0.2) is 30.3 Å². The number of carbonyl (C=O) groups is 1. The lowest BCUT2D eigenvalue weighted by atomic mass is 9.98. The average molecular weight is 360 g/mol. The third-order valence-corrected chi connectivity index (χ3v) is 5.55. The molecule has 1 amide bonds. The van der Waals surface area contributed by atoms with Crippen molar-refractivity contribution in [2.45, 2.75) is 57.3 Å². The van der Waals surface area contributed by atoms with E-state index in [0.29, 0.717) is 25.7 Å². The average Bonchev–Trinajstić information content (AvgIpc) is 2.68. The van der Waals surface area contributed by atoms with Gasteiger partial charge in [-0.1, -0.05) is 30.3 Å². The van der Waals surface area contributed by atoms with E-state index in [0.717, 1.165) is 58.3 Å². The summed E-state index contributed by atoms with van der Waals surface area (Å²) < 4.78 is 5.66. The number of likely N-dealkylation sites (tertiary alicyclic amines) is 2. The van der Waals surface area contributed by atoms with Gasteiger partial charge >= 0.3 is 0 Å². The van der Waals surface area contributed by atoms with Gasteiger partial charge in [0.2, 0.25) is 5.91 Å². The zero-order valence-corrected chi connectivity index (χ0v) is 15.7. The van der Waals surface area contributed by atoms with Crippen molar-refractivity contribution in [1.82, 2.24) is 9.80 Å². The number of rotatable bonds is 7. The standard InChI is InChI=1S/C21H32N2O3/c24-20-8-4-12-23(16-20)19-10-13-22(14-11-19)21(25)9-5-15-26-17-18-6-2-1-3-7-18/h1-3,6-7,19-20,24H,4-5,8-17H2. The SMILES string of the molecule is O=C(CCCOCc1ccccc1)N1CCC(N2CCCC(O)C2)CC1. The van der Waals surface area contributed by atoms with Crippen molar-refractivity contribution < 1.29 is 14.6 Å². The molecular weight excluding hydrogens is 328 g/mol. The maximum Gasteiger partial charge on any atom is 0.222 e. The normalized spacial score (nSPS) is 22.5. The molecule has 0 bridgehead atoms. The lowest BCUT2D eigenvalue weighted by molar-refractivity contribution is -0.133. The zero-order valence-electron chi connectivity index (χ0n) is 15.7. The van der Waals surface area contributed by atoms with E-state index in [1.807, 2.05) is 23.1 Å². The second-order valence-corrected chi connectivity index (χ2v) is 7.54. The van der Waals surface area contributed by atoms with Gasteiger partial charge < -0.3 is 14.7 Å². The number of β-amino-alcohol motifs (C(OH)–C–C–N with tert-alkyl or cyclic N) is 1. The second-order valence-electron chi connectivity index (χ2n) is 7.54. The summed E-state index contributed by atoms with van der Waals surface area (Å²) in [7, 11) is 0. The number of amides is 1. The Morgan fingerprint density at radius 2 is 1.88 bits per heavy atom. The third-order valence-electron chi connectivity index (χ3n) is 5.55. The Morgan fingerprint density at radius 3 is 2.62 bits per heavy atom. The topological polar surface area (TPSA) is 53.0 Å². The Bertz CT molecular complexity index is 543. The van der Waals surface area contributed by atoms with Crippen LogP contribution in [0.2, 0.25) is 0 Å². The maximum absolute atomic E-state index is 12.4. The van der Waals surface area contributed by atoms with Crippen LogP contribution >= 0.6 is 0 Å². The molecule has 5 nitrogen and oxygen atoms in total. The second kappa shape index (κ2) is 10.0. The van der Waals surface area contributed by atoms with Crippen LogP contribution < -0.4 is 0 Å². The van der Waals surface area contributed by atoms with Crippen LogP contribution in [0.3, 0.4) is 0 Å². The molecule has 0 aliphatic carbocycles. The number of benzene rings is 1. The Kier molecular flexibility index (Phi) is 7.47. The van der Waals surface area contributed by atoms with Crippen molar-refractivity contribution in [2.75, 3.05) is 32.8 Å². The van der Waals surface area contributed by atoms with Crippen molar-refractivity contribution in [3.63, 3.8) is 0 Å². The Hall–Kier alpha value is -1.43. The molecule has 1 N–H and O–H groups in total. The third kappa shape index (κ3) is 5.79. The van der Waals surface area contributed by atoms with Crippen LogP contribution in [-0.2, 0) is 16.1 Å². The highest BCUT2D eigenvalue weighted by atomic mass is 16.5. The molecule has 5 heteroatoms. The van der Waals surface area contributed by atoms with Crippen molar-refractivity contribution in [2.24, 2.45) is 0 Å². The zero-order chi connectivity index (χ0) is 18.2. The van der Waals surface area contributed by atoms with Crippen molar-refractivity contribution in [3.05, 3.63) is 35.9 Å². The van der Waals surface area contributed by atoms with E-state index in [2.05, 4.69) is 17.0 Å². The molecular formula is C21H32N2O3. The van der Waals surface area contributed by atoms with Gasteiger partial charge in [-0.15, -0.1) is 0 Å². The van der Waals surface area contributed by atoms with E-state index in [1.165, 1.54) is 5.56 Å². The lowest BCUT2D eigenvalue weighted by Gasteiger charge is -2.41. The number of carbonyl (C=O) groups excluding carboxylic acids is 1. The van der Waals surface area contributed by atoms with Gasteiger partial charge in [0.05, 0.1) is 12.7 Å². The van der Waals surface area contributed by atoms with E-state index in [-0.39, 0.29) is 12.0 Å². The summed E-state index contributed by atoms with van der Waals surface area (Å²) in [6, 6.07) is 10.7. The quantitative estimate of drug-likeness (QED) is 0.759. The molecule has 2 heterocycles. The van der Waals surface area contributed by atoms with E-state index >= 15 is 0 Å². The highest BCUT2D eigenvalue weighted by Crippen LogP contribution is 2.21. The molecule has 2 aliphatic rings. The molecule has 1 aromatic rings. The summed E-state index contributed by atoms with van der Waals surface area (Å²) in [5.41, 5.74) is 1.17. The summed E-state index contributed by atoms with van der Waals surface area (Å²) in [6.07, 6.45) is 5.26. The molecule has 0 radical (unpaired) electrons. The van der Waals surface area contributed by atoms with Crippen LogP contribution in [0.1, 0.15) is 44.1 Å². The maximum atomic E-state index is 12.4. The van der Waals surface area contributed by atoms with E-state index in [4.69, 9.17) is 4.74 Å². The fraction of sp³-hybridized carbons (Fsp3) is 0.667. The van der Waals surface area contributed by atoms with Crippen LogP contribution in [0.25, 0.3) is 0 Å².